The van der Waals surface area contributed by atoms with Crippen LogP contribution in [0, 0.1) is 17.8 Å². The maximum absolute atomic E-state index is 12.8. The zero-order valence-electron chi connectivity index (χ0n) is 18.4. The summed E-state index contributed by atoms with van der Waals surface area (Å²) in [5.74, 6) is 1.26. The minimum atomic E-state index is -3.03. The predicted molar refractivity (Wildman–Crippen MR) is 129 cm³/mol. The lowest BCUT2D eigenvalue weighted by molar-refractivity contribution is -0.125. The number of nitrogens with one attached hydrogen (secondary N) is 2. The molecule has 5 aliphatic rings. The van der Waals surface area contributed by atoms with E-state index in [9.17, 15) is 23.8 Å². The Hall–Kier alpha value is -1.56. The SMILES string of the molecule is O=C(CNC(=O)c1nc(N2CCCCS2(O)O)cc(Br)c1O)NC12CC3CC(CC(C3)C1)C2. The largest absolute Gasteiger partial charge is 0.504 e. The normalized spacial score (nSPS) is 32.9. The lowest BCUT2D eigenvalue weighted by Gasteiger charge is -2.56. The number of anilines is 1. The Kier molecular flexibility index (Phi) is 6.03. The van der Waals surface area contributed by atoms with Crippen molar-refractivity contribution in [2.75, 3.05) is 23.1 Å². The molecule has 33 heavy (non-hydrogen) atoms. The number of hydrogen-bond donors (Lipinski definition) is 5. The number of aromatic hydroxyl groups is 1. The van der Waals surface area contributed by atoms with E-state index in [0.29, 0.717) is 30.7 Å². The standard InChI is InChI=1S/C22H31BrN4O5S/c23-16-8-17(27-3-1-2-4-33(27,31)32)25-19(20(16)29)21(30)24-12-18(28)26-22-9-13-5-14(10-22)7-15(6-13)11-22/h8,13-15,29,31-32H,1-7,9-12H2,(H,24,30)(H,26,28). The Labute approximate surface area is 203 Å². The van der Waals surface area contributed by atoms with Gasteiger partial charge in [0.2, 0.25) is 5.91 Å². The number of halogens is 1. The second kappa shape index (κ2) is 8.58. The van der Waals surface area contributed by atoms with Gasteiger partial charge in [-0.05, 0) is 85.1 Å². The molecule has 4 bridgehead atoms. The Morgan fingerprint density at radius 3 is 2.39 bits per heavy atom. The summed E-state index contributed by atoms with van der Waals surface area (Å²) < 4.78 is 22.4. The summed E-state index contributed by atoms with van der Waals surface area (Å²) in [5.41, 5.74) is -0.398. The van der Waals surface area contributed by atoms with Gasteiger partial charge in [-0.3, -0.25) is 23.0 Å². The number of hydrogen-bond acceptors (Lipinski definition) is 7. The number of amides is 2. The monoisotopic (exact) mass is 542 g/mol. The van der Waals surface area contributed by atoms with Crippen molar-refractivity contribution in [3.63, 3.8) is 0 Å². The highest BCUT2D eigenvalue weighted by Crippen LogP contribution is 2.55. The molecule has 1 saturated heterocycles. The molecule has 182 valence electrons. The van der Waals surface area contributed by atoms with Crippen LogP contribution in [-0.2, 0) is 4.79 Å². The van der Waals surface area contributed by atoms with E-state index in [1.54, 1.807) is 0 Å². The van der Waals surface area contributed by atoms with Crippen molar-refractivity contribution in [3.05, 3.63) is 16.2 Å². The van der Waals surface area contributed by atoms with Gasteiger partial charge in [0.15, 0.2) is 11.4 Å². The van der Waals surface area contributed by atoms with E-state index < -0.39 is 16.7 Å². The number of aromatic nitrogens is 1. The van der Waals surface area contributed by atoms with Gasteiger partial charge in [0, 0.05) is 18.2 Å². The molecule has 0 spiro atoms. The van der Waals surface area contributed by atoms with Crippen molar-refractivity contribution < 1.29 is 23.8 Å². The molecule has 0 radical (unpaired) electrons. The van der Waals surface area contributed by atoms with Crippen molar-refractivity contribution in [3.8, 4) is 5.75 Å². The topological polar surface area (TPSA) is 135 Å². The number of carbonyl (C=O) groups excluding carboxylic acids is 2. The zero-order valence-corrected chi connectivity index (χ0v) is 20.8. The van der Waals surface area contributed by atoms with Crippen molar-refractivity contribution in [1.82, 2.24) is 15.6 Å². The van der Waals surface area contributed by atoms with E-state index in [4.69, 9.17) is 0 Å². The second-order valence-corrected chi connectivity index (χ2v) is 13.2. The van der Waals surface area contributed by atoms with Crippen LogP contribution in [0.5, 0.6) is 5.75 Å². The second-order valence-electron chi connectivity index (χ2n) is 10.2. The summed E-state index contributed by atoms with van der Waals surface area (Å²) in [6.07, 6.45) is 8.39. The summed E-state index contributed by atoms with van der Waals surface area (Å²) in [7, 11) is -3.03. The van der Waals surface area contributed by atoms with E-state index in [0.717, 1.165) is 25.7 Å². The summed E-state index contributed by atoms with van der Waals surface area (Å²) in [6.45, 7) is 0.184. The summed E-state index contributed by atoms with van der Waals surface area (Å²) in [5, 5.41) is 16.2. The fourth-order valence-electron chi connectivity index (χ4n) is 6.70. The van der Waals surface area contributed by atoms with Gasteiger partial charge < -0.3 is 15.7 Å². The predicted octanol–water partition coefficient (Wildman–Crippen LogP) is 3.63. The number of nitrogens with zero attached hydrogens (tertiary/aromatic N) is 2. The van der Waals surface area contributed by atoms with Crippen LogP contribution < -0.4 is 14.9 Å². The van der Waals surface area contributed by atoms with Gasteiger partial charge >= 0.3 is 0 Å². The van der Waals surface area contributed by atoms with Crippen LogP contribution in [0.4, 0.5) is 5.82 Å². The zero-order chi connectivity index (χ0) is 23.4. The molecular weight excluding hydrogens is 512 g/mol. The Balaban J connectivity index is 1.25. The van der Waals surface area contributed by atoms with Crippen LogP contribution in [0.25, 0.3) is 0 Å². The molecule has 1 aromatic heterocycles. The highest BCUT2D eigenvalue weighted by atomic mass is 79.9. The molecule has 0 unspecified atom stereocenters. The molecule has 1 aliphatic heterocycles. The lowest BCUT2D eigenvalue weighted by atomic mass is 9.53. The molecule has 1 aromatic rings. The molecule has 5 fully saturated rings. The van der Waals surface area contributed by atoms with Crippen LogP contribution in [0.3, 0.4) is 0 Å². The molecule has 5 N–H and O–H groups in total. The third-order valence-electron chi connectivity index (χ3n) is 7.64. The van der Waals surface area contributed by atoms with Crippen LogP contribution in [0.15, 0.2) is 10.5 Å². The molecule has 6 rings (SSSR count). The molecule has 2 heterocycles. The molecule has 0 atom stereocenters. The van der Waals surface area contributed by atoms with Gasteiger partial charge in [-0.1, -0.05) is 0 Å². The van der Waals surface area contributed by atoms with Gasteiger partial charge in [-0.2, -0.15) is 0 Å². The van der Waals surface area contributed by atoms with Crippen molar-refractivity contribution in [1.29, 1.82) is 0 Å². The Morgan fingerprint density at radius 1 is 1.15 bits per heavy atom. The number of pyridine rings is 1. The lowest BCUT2D eigenvalue weighted by Crippen LogP contribution is -2.61. The third-order valence-corrected chi connectivity index (χ3v) is 10.2. The van der Waals surface area contributed by atoms with E-state index in [-0.39, 0.29) is 45.5 Å². The average Bonchev–Trinajstić information content (AvgIpc) is 2.72. The van der Waals surface area contributed by atoms with Crippen LogP contribution in [0.2, 0.25) is 0 Å². The highest BCUT2D eigenvalue weighted by molar-refractivity contribution is 9.10. The first-order valence-corrected chi connectivity index (χ1v) is 14.1. The van der Waals surface area contributed by atoms with Gasteiger partial charge in [-0.25, -0.2) is 4.98 Å². The van der Waals surface area contributed by atoms with E-state index in [1.807, 2.05) is 0 Å². The van der Waals surface area contributed by atoms with Crippen LogP contribution in [-0.4, -0.2) is 55.4 Å². The number of carbonyl (C=O) groups is 2. The fourth-order valence-corrected chi connectivity index (χ4v) is 8.72. The third kappa shape index (κ3) is 4.56. The molecule has 4 aliphatic carbocycles. The molecule has 2 amide bonds. The first kappa shape index (κ1) is 23.2. The minimum Gasteiger partial charge on any atom is -0.504 e. The van der Waals surface area contributed by atoms with Crippen molar-refractivity contribution in [2.24, 2.45) is 17.8 Å². The highest BCUT2D eigenvalue weighted by Gasteiger charge is 2.51. The maximum atomic E-state index is 12.8. The fraction of sp³-hybridized carbons (Fsp3) is 0.682. The average molecular weight is 543 g/mol. The first-order chi connectivity index (χ1) is 15.6. The van der Waals surface area contributed by atoms with Crippen molar-refractivity contribution in [2.45, 2.75) is 56.9 Å². The van der Waals surface area contributed by atoms with E-state index >= 15 is 0 Å². The molecule has 9 nitrogen and oxygen atoms in total. The molecular formula is C22H31BrN4O5S. The van der Waals surface area contributed by atoms with Gasteiger partial charge in [0.05, 0.1) is 16.8 Å². The van der Waals surface area contributed by atoms with Gasteiger partial charge in [0.1, 0.15) is 5.82 Å². The molecule has 4 saturated carbocycles. The summed E-state index contributed by atoms with van der Waals surface area (Å²) in [4.78, 5) is 29.8. The van der Waals surface area contributed by atoms with Crippen LogP contribution >= 0.6 is 26.7 Å². The van der Waals surface area contributed by atoms with Crippen LogP contribution in [0.1, 0.15) is 61.9 Å². The molecule has 0 aromatic carbocycles. The Morgan fingerprint density at radius 2 is 1.79 bits per heavy atom. The summed E-state index contributed by atoms with van der Waals surface area (Å²) in [6, 6.07) is 1.46. The van der Waals surface area contributed by atoms with Gasteiger partial charge in [0.25, 0.3) is 5.91 Å². The molecule has 11 heteroatoms. The Bertz CT molecular complexity index is 939. The number of rotatable bonds is 5. The maximum Gasteiger partial charge on any atom is 0.274 e. The van der Waals surface area contributed by atoms with Gasteiger partial charge in [-0.15, -0.1) is 10.8 Å². The smallest absolute Gasteiger partial charge is 0.274 e. The van der Waals surface area contributed by atoms with E-state index in [2.05, 4.69) is 31.5 Å². The minimum absolute atomic E-state index is 0.136. The first-order valence-electron chi connectivity index (χ1n) is 11.7. The van der Waals surface area contributed by atoms with E-state index in [1.165, 1.54) is 29.6 Å². The quantitative estimate of drug-likeness (QED) is 0.383. The summed E-state index contributed by atoms with van der Waals surface area (Å²) >= 11 is 3.22. The van der Waals surface area contributed by atoms with Crippen molar-refractivity contribution >= 4 is 44.3 Å².